The molecule has 0 fully saturated rings. The Kier molecular flexibility index (Phi) is 5.55. The summed E-state index contributed by atoms with van der Waals surface area (Å²) < 4.78 is 5.85. The molecule has 1 atom stereocenters. The van der Waals surface area contributed by atoms with Crippen molar-refractivity contribution < 1.29 is 9.53 Å². The third-order valence-electron chi connectivity index (χ3n) is 4.98. The van der Waals surface area contributed by atoms with Gasteiger partial charge in [0.15, 0.2) is 0 Å². The van der Waals surface area contributed by atoms with Crippen molar-refractivity contribution in [1.82, 2.24) is 5.32 Å². The number of nitriles is 1. The summed E-state index contributed by atoms with van der Waals surface area (Å²) >= 11 is 5.58. The Balaban J connectivity index is 1.37. The van der Waals surface area contributed by atoms with Gasteiger partial charge in [0.25, 0.3) is 5.91 Å². The third-order valence-corrected chi connectivity index (χ3v) is 5.53. The van der Waals surface area contributed by atoms with E-state index >= 15 is 0 Å². The van der Waals surface area contributed by atoms with Crippen LogP contribution in [0, 0.1) is 11.3 Å². The summed E-state index contributed by atoms with van der Waals surface area (Å²) in [6.45, 7) is 0.244. The number of hydrogen-bond acceptors (Lipinski definition) is 6. The highest BCUT2D eigenvalue weighted by Gasteiger charge is 2.29. The lowest BCUT2D eigenvalue weighted by molar-refractivity contribution is -0.115. The maximum absolute atomic E-state index is 12.8. The predicted molar refractivity (Wildman–Crippen MR) is 119 cm³/mol. The van der Waals surface area contributed by atoms with Gasteiger partial charge in [0.2, 0.25) is 0 Å². The Hall–Kier alpha value is -3.57. The van der Waals surface area contributed by atoms with Gasteiger partial charge in [-0.05, 0) is 29.8 Å². The molecule has 7 nitrogen and oxygen atoms in total. The Morgan fingerprint density at radius 3 is 2.97 bits per heavy atom. The molecule has 4 rings (SSSR count). The fourth-order valence-electron chi connectivity index (χ4n) is 3.40. The van der Waals surface area contributed by atoms with E-state index in [0.29, 0.717) is 29.1 Å². The molecule has 2 aromatic rings. The first kappa shape index (κ1) is 19.7. The van der Waals surface area contributed by atoms with Crippen molar-refractivity contribution in [2.45, 2.75) is 18.9 Å². The molecule has 1 amide bonds. The molecule has 2 aromatic carbocycles. The first-order valence-electron chi connectivity index (χ1n) is 9.46. The molecule has 0 saturated carbocycles. The van der Waals surface area contributed by atoms with Crippen LogP contribution in [0.5, 0.6) is 5.75 Å². The van der Waals surface area contributed by atoms with E-state index in [1.54, 1.807) is 6.07 Å². The molecule has 2 aliphatic heterocycles. The number of ether oxygens (including phenoxy) is 1. The lowest BCUT2D eigenvalue weighted by atomic mass is 10.0. The Labute approximate surface area is 179 Å². The van der Waals surface area contributed by atoms with Crippen LogP contribution in [0.2, 0.25) is 0 Å². The topological polar surface area (TPSA) is 90.1 Å². The summed E-state index contributed by atoms with van der Waals surface area (Å²) in [4.78, 5) is 15.2. The Morgan fingerprint density at radius 2 is 2.13 bits per heavy atom. The number of anilines is 1. The Bertz CT molecular complexity index is 1120. The summed E-state index contributed by atoms with van der Waals surface area (Å²) in [6, 6.07) is 16.6. The van der Waals surface area contributed by atoms with Crippen molar-refractivity contribution >= 4 is 40.2 Å². The molecular weight excluding hydrogens is 398 g/mol. The van der Waals surface area contributed by atoms with E-state index in [9.17, 15) is 4.79 Å². The number of nitrogens with zero attached hydrogens (tertiary/aromatic N) is 4. The zero-order chi connectivity index (χ0) is 21.1. The highest BCUT2D eigenvalue weighted by Crippen LogP contribution is 2.30. The number of amides is 1. The lowest BCUT2D eigenvalue weighted by Gasteiger charge is -2.23. The van der Waals surface area contributed by atoms with E-state index in [1.165, 1.54) is 0 Å². The second kappa shape index (κ2) is 8.43. The quantitative estimate of drug-likeness (QED) is 0.773. The number of likely N-dealkylation sites (N-methyl/N-ethyl adjacent to an activating group) is 1. The van der Waals surface area contributed by atoms with Crippen molar-refractivity contribution in [2.24, 2.45) is 10.2 Å². The number of thiocarbonyl (C=S) groups is 1. The van der Waals surface area contributed by atoms with E-state index in [-0.39, 0.29) is 12.5 Å². The number of para-hydroxylation sites is 2. The zero-order valence-electron chi connectivity index (χ0n) is 16.3. The number of carbonyl (C=O) groups is 1. The normalized spacial score (nSPS) is 17.8. The predicted octanol–water partition coefficient (Wildman–Crippen LogP) is 2.64. The first-order chi connectivity index (χ1) is 14.5. The minimum atomic E-state index is -0.455. The molecule has 2 aliphatic rings. The van der Waals surface area contributed by atoms with Gasteiger partial charge in [0.05, 0.1) is 23.0 Å². The van der Waals surface area contributed by atoms with Gasteiger partial charge in [-0.3, -0.25) is 4.79 Å². The van der Waals surface area contributed by atoms with Crippen molar-refractivity contribution in [3.63, 3.8) is 0 Å². The maximum atomic E-state index is 12.8. The van der Waals surface area contributed by atoms with Crippen LogP contribution in [-0.2, 0) is 11.2 Å². The van der Waals surface area contributed by atoms with Crippen LogP contribution in [0.1, 0.15) is 17.5 Å². The Morgan fingerprint density at radius 1 is 1.30 bits per heavy atom. The SMILES string of the molecule is CN1C(=S)C(NC(=O)C2=NN=C(Cc3cccc(C#N)c3)C2)COc2ccccc21. The van der Waals surface area contributed by atoms with Crippen LogP contribution >= 0.6 is 12.2 Å². The second-order valence-electron chi connectivity index (χ2n) is 7.08. The zero-order valence-corrected chi connectivity index (χ0v) is 17.1. The van der Waals surface area contributed by atoms with Crippen LogP contribution < -0.4 is 15.0 Å². The van der Waals surface area contributed by atoms with Crippen LogP contribution in [0.4, 0.5) is 5.69 Å². The van der Waals surface area contributed by atoms with Gasteiger partial charge in [-0.2, -0.15) is 10.4 Å². The van der Waals surface area contributed by atoms with Crippen molar-refractivity contribution in [3.05, 3.63) is 59.7 Å². The van der Waals surface area contributed by atoms with Gasteiger partial charge in [-0.25, -0.2) is 0 Å². The van der Waals surface area contributed by atoms with Crippen molar-refractivity contribution in [3.8, 4) is 11.8 Å². The molecule has 1 N–H and O–H groups in total. The van der Waals surface area contributed by atoms with Gasteiger partial charge in [-0.15, -0.1) is 5.10 Å². The summed E-state index contributed by atoms with van der Waals surface area (Å²) in [6.07, 6.45) is 0.901. The molecule has 150 valence electrons. The highest BCUT2D eigenvalue weighted by atomic mass is 32.1. The molecule has 0 aliphatic carbocycles. The van der Waals surface area contributed by atoms with E-state index in [0.717, 1.165) is 22.7 Å². The van der Waals surface area contributed by atoms with Crippen LogP contribution in [0.3, 0.4) is 0 Å². The average molecular weight is 417 g/mol. The molecular formula is C22H19N5O2S. The number of hydrogen-bond donors (Lipinski definition) is 1. The van der Waals surface area contributed by atoms with Gasteiger partial charge >= 0.3 is 0 Å². The molecule has 0 bridgehead atoms. The van der Waals surface area contributed by atoms with Crippen molar-refractivity contribution in [2.75, 3.05) is 18.6 Å². The molecule has 0 aromatic heterocycles. The summed E-state index contributed by atoms with van der Waals surface area (Å²) in [5.74, 6) is 0.414. The first-order valence-corrected chi connectivity index (χ1v) is 9.87. The van der Waals surface area contributed by atoms with E-state index in [1.807, 2.05) is 54.4 Å². The smallest absolute Gasteiger partial charge is 0.268 e. The molecule has 30 heavy (non-hydrogen) atoms. The maximum Gasteiger partial charge on any atom is 0.268 e. The second-order valence-corrected chi connectivity index (χ2v) is 7.50. The summed E-state index contributed by atoms with van der Waals surface area (Å²) in [5, 5.41) is 20.2. The average Bonchev–Trinajstić information content (AvgIpc) is 3.20. The molecule has 8 heteroatoms. The number of rotatable bonds is 4. The molecule has 0 spiro atoms. The monoisotopic (exact) mass is 417 g/mol. The largest absolute Gasteiger partial charge is 0.489 e. The fraction of sp³-hybridized carbons (Fsp3) is 0.227. The number of nitrogens with one attached hydrogen (secondary N) is 1. The number of carbonyl (C=O) groups excluding carboxylic acids is 1. The van der Waals surface area contributed by atoms with Gasteiger partial charge in [-0.1, -0.05) is 36.5 Å². The number of fused-ring (bicyclic) bond motifs is 1. The standard InChI is InChI=1S/C22H19N5O2S/c1-27-19-7-2-3-8-20(19)29-13-18(22(27)30)24-21(28)17-11-16(25-26-17)10-14-5-4-6-15(9-14)12-23/h2-9,18H,10-11,13H2,1H3,(H,24,28). The van der Waals surface area contributed by atoms with Gasteiger partial charge in [0, 0.05) is 19.9 Å². The van der Waals surface area contributed by atoms with Gasteiger partial charge < -0.3 is 15.0 Å². The minimum Gasteiger partial charge on any atom is -0.489 e. The van der Waals surface area contributed by atoms with E-state index < -0.39 is 6.04 Å². The minimum absolute atomic E-state index is 0.244. The van der Waals surface area contributed by atoms with E-state index in [4.69, 9.17) is 22.2 Å². The van der Waals surface area contributed by atoms with E-state index in [2.05, 4.69) is 21.6 Å². The third kappa shape index (κ3) is 4.07. The fourth-order valence-corrected chi connectivity index (χ4v) is 3.63. The van der Waals surface area contributed by atoms with Crippen LogP contribution in [-0.4, -0.2) is 42.0 Å². The lowest BCUT2D eigenvalue weighted by Crippen LogP contribution is -2.50. The summed E-state index contributed by atoms with van der Waals surface area (Å²) in [7, 11) is 1.86. The molecule has 2 heterocycles. The van der Waals surface area contributed by atoms with Crippen molar-refractivity contribution in [1.29, 1.82) is 5.26 Å². The molecule has 0 radical (unpaired) electrons. The summed E-state index contributed by atoms with van der Waals surface area (Å²) in [5.41, 5.74) is 3.54. The molecule has 0 saturated heterocycles. The number of benzene rings is 2. The van der Waals surface area contributed by atoms with Gasteiger partial charge in [0.1, 0.15) is 29.1 Å². The van der Waals surface area contributed by atoms with Crippen LogP contribution in [0.25, 0.3) is 0 Å². The highest BCUT2D eigenvalue weighted by molar-refractivity contribution is 7.80. The van der Waals surface area contributed by atoms with Crippen LogP contribution in [0.15, 0.2) is 58.7 Å². The molecule has 1 unspecified atom stereocenters.